The first-order valence-electron chi connectivity index (χ1n) is 10.4. The summed E-state index contributed by atoms with van der Waals surface area (Å²) in [5, 5.41) is 10.4. The zero-order valence-corrected chi connectivity index (χ0v) is 16.6. The van der Waals surface area contributed by atoms with E-state index in [1.54, 1.807) is 0 Å². The van der Waals surface area contributed by atoms with E-state index in [-0.39, 0.29) is 30.5 Å². The van der Waals surface area contributed by atoms with Crippen LogP contribution in [0.3, 0.4) is 0 Å². The van der Waals surface area contributed by atoms with Gasteiger partial charge in [-0.2, -0.15) is 0 Å². The van der Waals surface area contributed by atoms with Crippen LogP contribution in [0, 0.1) is 5.41 Å². The molecular weight excluding hydrogens is 376 g/mol. The molecule has 7 heteroatoms. The van der Waals surface area contributed by atoms with Crippen molar-refractivity contribution in [2.45, 2.75) is 18.5 Å². The maximum Gasteiger partial charge on any atom is 0.109 e. The molecule has 0 spiro atoms. The Bertz CT molecular complexity index is 876. The molecule has 4 fully saturated rings. The zero-order chi connectivity index (χ0) is 20.1. The Morgan fingerprint density at radius 3 is 1.30 bits per heavy atom. The van der Waals surface area contributed by atoms with Crippen LogP contribution in [0.2, 0.25) is 0 Å². The van der Waals surface area contributed by atoms with E-state index in [9.17, 15) is 5.11 Å². The van der Waals surface area contributed by atoms with Crippen molar-refractivity contribution in [3.8, 4) is 0 Å². The Kier molecular flexibility index (Phi) is 4.17. The lowest BCUT2D eigenvalue weighted by Crippen LogP contribution is -2.76. The van der Waals surface area contributed by atoms with E-state index in [2.05, 4.69) is 32.9 Å². The summed E-state index contributed by atoms with van der Waals surface area (Å²) < 4.78 is 0. The number of aromatic nitrogens is 3. The molecule has 3 aromatic heterocycles. The molecule has 4 bridgehead atoms. The van der Waals surface area contributed by atoms with Crippen LogP contribution < -0.4 is 0 Å². The van der Waals surface area contributed by atoms with Crippen molar-refractivity contribution < 1.29 is 5.11 Å². The van der Waals surface area contributed by atoms with Crippen molar-refractivity contribution in [2.75, 3.05) is 26.2 Å². The van der Waals surface area contributed by atoms with Gasteiger partial charge in [-0.25, -0.2) is 0 Å². The maximum absolute atomic E-state index is 10.4. The molecular formula is C23H24N6O. The minimum atomic E-state index is -0.179. The molecule has 7 nitrogen and oxygen atoms in total. The summed E-state index contributed by atoms with van der Waals surface area (Å²) in [6, 6.07) is 18.3. The third-order valence-electron chi connectivity index (χ3n) is 6.63. The fourth-order valence-corrected chi connectivity index (χ4v) is 5.56. The molecule has 30 heavy (non-hydrogen) atoms. The van der Waals surface area contributed by atoms with Crippen LogP contribution in [0.1, 0.15) is 35.6 Å². The molecule has 0 aliphatic carbocycles. The average molecular weight is 400 g/mol. The fourth-order valence-electron chi connectivity index (χ4n) is 5.56. The van der Waals surface area contributed by atoms with Gasteiger partial charge in [0, 0.05) is 43.6 Å². The van der Waals surface area contributed by atoms with Gasteiger partial charge in [-0.15, -0.1) is 0 Å². The summed E-state index contributed by atoms with van der Waals surface area (Å²) in [5.74, 6) is 0. The molecule has 0 atom stereocenters. The number of hydrogen-bond donors (Lipinski definition) is 1. The van der Waals surface area contributed by atoms with Crippen LogP contribution in [0.25, 0.3) is 0 Å². The highest BCUT2D eigenvalue weighted by atomic mass is 16.3. The van der Waals surface area contributed by atoms with E-state index in [1.165, 1.54) is 0 Å². The molecule has 0 amide bonds. The van der Waals surface area contributed by atoms with Crippen molar-refractivity contribution in [2.24, 2.45) is 5.41 Å². The molecule has 0 unspecified atom stereocenters. The fraction of sp³-hybridized carbons (Fsp3) is 0.348. The van der Waals surface area contributed by atoms with Crippen molar-refractivity contribution >= 4 is 0 Å². The van der Waals surface area contributed by atoms with Gasteiger partial charge in [-0.05, 0) is 36.4 Å². The predicted molar refractivity (Wildman–Crippen MR) is 111 cm³/mol. The molecule has 4 saturated heterocycles. The third kappa shape index (κ3) is 2.63. The number of rotatable bonds is 4. The molecule has 3 aromatic rings. The van der Waals surface area contributed by atoms with E-state index in [1.807, 2.05) is 55.0 Å². The van der Waals surface area contributed by atoms with Crippen LogP contribution in [0.5, 0.6) is 0 Å². The highest BCUT2D eigenvalue weighted by Gasteiger charge is 2.62. The topological polar surface area (TPSA) is 68.6 Å². The van der Waals surface area contributed by atoms with Gasteiger partial charge in [0.15, 0.2) is 0 Å². The number of aliphatic hydroxyl groups is 1. The lowest BCUT2D eigenvalue weighted by atomic mass is 9.77. The van der Waals surface area contributed by atoms with Gasteiger partial charge in [0.1, 0.15) is 18.5 Å². The van der Waals surface area contributed by atoms with Crippen LogP contribution >= 0.6 is 0 Å². The zero-order valence-electron chi connectivity index (χ0n) is 16.6. The maximum atomic E-state index is 10.4. The standard InChI is InChI=1S/C23H24N6O/c30-16-23-13-27-20(17-7-1-4-10-24-17)28(14-23)22(19-9-3-6-12-26-19)29(15-23)21(27)18-8-2-5-11-25-18/h1-12,20-22,30H,13-16H2. The lowest BCUT2D eigenvalue weighted by Gasteiger charge is -2.69. The molecule has 0 radical (unpaired) electrons. The second-order valence-electron chi connectivity index (χ2n) is 8.56. The highest BCUT2D eigenvalue weighted by molar-refractivity contribution is 5.24. The number of pyridine rings is 3. The summed E-state index contributed by atoms with van der Waals surface area (Å²) in [7, 11) is 0. The van der Waals surface area contributed by atoms with Gasteiger partial charge in [-0.3, -0.25) is 29.7 Å². The third-order valence-corrected chi connectivity index (χ3v) is 6.63. The van der Waals surface area contributed by atoms with Crippen molar-refractivity contribution in [3.05, 3.63) is 90.3 Å². The van der Waals surface area contributed by atoms with Crippen LogP contribution in [-0.4, -0.2) is 61.0 Å². The number of aliphatic hydroxyl groups excluding tert-OH is 1. The minimum absolute atomic E-state index is 0.00133. The highest BCUT2D eigenvalue weighted by Crippen LogP contribution is 2.56. The van der Waals surface area contributed by atoms with Crippen LogP contribution in [0.15, 0.2) is 73.2 Å². The second-order valence-corrected chi connectivity index (χ2v) is 8.56. The Balaban J connectivity index is 1.54. The molecule has 4 aliphatic heterocycles. The first-order valence-corrected chi connectivity index (χ1v) is 10.4. The average Bonchev–Trinajstić information content (AvgIpc) is 2.81. The van der Waals surface area contributed by atoms with E-state index >= 15 is 0 Å². The Labute approximate surface area is 175 Å². The Morgan fingerprint density at radius 1 is 0.667 bits per heavy atom. The molecule has 152 valence electrons. The Hall–Kier alpha value is -2.71. The van der Waals surface area contributed by atoms with Gasteiger partial charge in [0.05, 0.1) is 23.7 Å². The van der Waals surface area contributed by atoms with Crippen molar-refractivity contribution in [1.29, 1.82) is 0 Å². The predicted octanol–water partition coefficient (Wildman–Crippen LogP) is 2.19. The number of hydrogen-bond acceptors (Lipinski definition) is 7. The minimum Gasteiger partial charge on any atom is -0.396 e. The van der Waals surface area contributed by atoms with Gasteiger partial charge in [0.2, 0.25) is 0 Å². The smallest absolute Gasteiger partial charge is 0.109 e. The number of nitrogens with zero attached hydrogens (tertiary/aromatic N) is 6. The van der Waals surface area contributed by atoms with Crippen LogP contribution in [-0.2, 0) is 0 Å². The van der Waals surface area contributed by atoms with Gasteiger partial charge in [0.25, 0.3) is 0 Å². The second kappa shape index (κ2) is 6.92. The molecule has 0 saturated carbocycles. The van der Waals surface area contributed by atoms with Gasteiger partial charge in [-0.1, -0.05) is 18.2 Å². The van der Waals surface area contributed by atoms with E-state index in [0.29, 0.717) is 0 Å². The molecule has 4 aliphatic rings. The Morgan fingerprint density at radius 2 is 1.03 bits per heavy atom. The quantitative estimate of drug-likeness (QED) is 0.720. The summed E-state index contributed by atoms with van der Waals surface area (Å²) in [6.45, 7) is 2.60. The molecule has 7 rings (SSSR count). The van der Waals surface area contributed by atoms with E-state index in [4.69, 9.17) is 15.0 Å². The largest absolute Gasteiger partial charge is 0.396 e. The van der Waals surface area contributed by atoms with Gasteiger partial charge < -0.3 is 5.11 Å². The first-order chi connectivity index (χ1) is 14.8. The SMILES string of the molecule is OCC12CN3C(c4ccccn4)N(C1)C(c1ccccn1)N(C2)C3c1ccccn1. The van der Waals surface area contributed by atoms with Crippen LogP contribution in [0.4, 0.5) is 0 Å². The summed E-state index contributed by atoms with van der Waals surface area (Å²) in [5.41, 5.74) is 2.88. The van der Waals surface area contributed by atoms with Crippen molar-refractivity contribution in [1.82, 2.24) is 29.7 Å². The van der Waals surface area contributed by atoms with Gasteiger partial charge >= 0.3 is 0 Å². The lowest BCUT2D eigenvalue weighted by molar-refractivity contribution is -0.293. The van der Waals surface area contributed by atoms with E-state index in [0.717, 1.165) is 36.7 Å². The monoisotopic (exact) mass is 400 g/mol. The molecule has 7 heterocycles. The van der Waals surface area contributed by atoms with Crippen molar-refractivity contribution in [3.63, 3.8) is 0 Å². The summed E-state index contributed by atoms with van der Waals surface area (Å²) >= 11 is 0. The molecule has 0 aromatic carbocycles. The first kappa shape index (κ1) is 18.1. The molecule has 1 N–H and O–H groups in total. The van der Waals surface area contributed by atoms with E-state index < -0.39 is 0 Å². The summed E-state index contributed by atoms with van der Waals surface area (Å²) in [4.78, 5) is 21.5. The normalized spacial score (nSPS) is 36.7. The summed E-state index contributed by atoms with van der Waals surface area (Å²) in [6.07, 6.45) is 5.58.